The molecule has 0 aliphatic carbocycles. The molecule has 0 amide bonds. The van der Waals surface area contributed by atoms with Crippen LogP contribution in [0.1, 0.15) is 0 Å². The quantitative estimate of drug-likeness (QED) is 0.242. The van der Waals surface area contributed by atoms with Crippen LogP contribution in [0.15, 0.2) is 0 Å². The van der Waals surface area contributed by atoms with Gasteiger partial charge in [-0.1, -0.05) is 0 Å². The van der Waals surface area contributed by atoms with Crippen molar-refractivity contribution in [2.24, 2.45) is 0 Å². The Kier molecular flexibility index (Phi) is 2.15. The highest BCUT2D eigenvalue weighted by atomic mass is 16.8. The molecular formula is C5H10O6. The predicted molar refractivity (Wildman–Crippen MR) is 31.1 cm³/mol. The molecule has 1 heterocycles. The summed E-state index contributed by atoms with van der Waals surface area (Å²) in [6.45, 7) is -0.425. The van der Waals surface area contributed by atoms with Crippen LogP contribution in [0.3, 0.4) is 0 Å². The first kappa shape index (κ1) is 8.85. The van der Waals surface area contributed by atoms with Crippen molar-refractivity contribution in [3.8, 4) is 0 Å². The maximum absolute atomic E-state index is 8.88. The minimum atomic E-state index is -2.77. The molecule has 1 fully saturated rings. The van der Waals surface area contributed by atoms with Crippen molar-refractivity contribution in [2.75, 3.05) is 6.61 Å². The lowest BCUT2D eigenvalue weighted by Crippen LogP contribution is -2.60. The van der Waals surface area contributed by atoms with Crippen LogP contribution in [0.5, 0.6) is 0 Å². The summed E-state index contributed by atoms with van der Waals surface area (Å²) in [7, 11) is 0. The summed E-state index contributed by atoms with van der Waals surface area (Å²) in [5.74, 6) is -2.77. The van der Waals surface area contributed by atoms with Gasteiger partial charge >= 0.3 is 5.97 Å². The molecule has 5 N–H and O–H groups in total. The zero-order chi connectivity index (χ0) is 8.65. The number of rotatable bonds is 0. The summed E-state index contributed by atoms with van der Waals surface area (Å²) in [5, 5.41) is 44.0. The Labute approximate surface area is 62.3 Å². The summed E-state index contributed by atoms with van der Waals surface area (Å²) in [4.78, 5) is 0. The van der Waals surface area contributed by atoms with Crippen molar-refractivity contribution in [3.05, 3.63) is 0 Å². The molecule has 0 unspecified atom stereocenters. The molecule has 0 spiro atoms. The minimum absolute atomic E-state index is 0.425. The molecule has 0 aromatic rings. The van der Waals surface area contributed by atoms with Crippen LogP contribution < -0.4 is 0 Å². The van der Waals surface area contributed by atoms with Gasteiger partial charge in [0.2, 0.25) is 0 Å². The van der Waals surface area contributed by atoms with E-state index >= 15 is 0 Å². The van der Waals surface area contributed by atoms with Crippen molar-refractivity contribution < 1.29 is 30.3 Å². The molecule has 1 aliphatic heterocycles. The van der Waals surface area contributed by atoms with Crippen LogP contribution in [0, 0.1) is 0 Å². The second kappa shape index (κ2) is 2.67. The summed E-state index contributed by atoms with van der Waals surface area (Å²) in [5.41, 5.74) is 0. The van der Waals surface area contributed by atoms with Gasteiger partial charge in [-0.25, -0.2) is 0 Å². The molecule has 3 atom stereocenters. The Morgan fingerprint density at radius 2 is 1.73 bits per heavy atom. The molecule has 1 saturated heterocycles. The van der Waals surface area contributed by atoms with E-state index in [1.807, 2.05) is 0 Å². The first-order valence-electron chi connectivity index (χ1n) is 3.08. The number of aliphatic hydroxyl groups excluding tert-OH is 3. The standard InChI is InChI=1S/C5H10O6/c6-2-1-11-5(9,10)4(8)3(2)7/h2-4,6-10H,1H2/t2-,3-,4+/m0/s1. The van der Waals surface area contributed by atoms with E-state index in [9.17, 15) is 0 Å². The molecule has 66 valence electrons. The third-order valence-corrected chi connectivity index (χ3v) is 1.57. The fourth-order valence-electron chi connectivity index (χ4n) is 0.825. The van der Waals surface area contributed by atoms with E-state index in [1.165, 1.54) is 0 Å². The van der Waals surface area contributed by atoms with E-state index in [2.05, 4.69) is 4.74 Å². The number of aliphatic hydroxyl groups is 5. The van der Waals surface area contributed by atoms with Gasteiger partial charge in [-0.15, -0.1) is 0 Å². The zero-order valence-corrected chi connectivity index (χ0v) is 5.58. The normalized spacial score (nSPS) is 43.9. The Morgan fingerprint density at radius 3 is 2.18 bits per heavy atom. The Morgan fingerprint density at radius 1 is 1.18 bits per heavy atom. The second-order valence-electron chi connectivity index (χ2n) is 2.47. The van der Waals surface area contributed by atoms with Crippen molar-refractivity contribution in [3.63, 3.8) is 0 Å². The van der Waals surface area contributed by atoms with Crippen LogP contribution in [0.4, 0.5) is 0 Å². The van der Waals surface area contributed by atoms with Crippen LogP contribution in [-0.4, -0.2) is 56.4 Å². The predicted octanol–water partition coefficient (Wildman–Crippen LogP) is -3.26. The fourth-order valence-corrected chi connectivity index (χ4v) is 0.825. The highest BCUT2D eigenvalue weighted by molar-refractivity contribution is 4.85. The largest absolute Gasteiger partial charge is 0.388 e. The fraction of sp³-hybridized carbons (Fsp3) is 1.00. The number of hydrogen-bond donors (Lipinski definition) is 5. The van der Waals surface area contributed by atoms with E-state index in [4.69, 9.17) is 25.5 Å². The SMILES string of the molecule is O[C@@H]1[C@@H](O)C(O)(O)OC[C@@H]1O. The molecular weight excluding hydrogens is 156 g/mol. The van der Waals surface area contributed by atoms with Gasteiger partial charge in [-0.2, -0.15) is 0 Å². The van der Waals surface area contributed by atoms with Gasteiger partial charge in [0, 0.05) is 0 Å². The molecule has 0 bridgehead atoms. The average Bonchev–Trinajstić information content (AvgIpc) is 1.95. The molecule has 0 aromatic heterocycles. The highest BCUT2D eigenvalue weighted by Gasteiger charge is 2.47. The van der Waals surface area contributed by atoms with Gasteiger partial charge in [-0.3, -0.25) is 0 Å². The molecule has 0 aromatic carbocycles. The second-order valence-corrected chi connectivity index (χ2v) is 2.47. The molecule has 1 rings (SSSR count). The van der Waals surface area contributed by atoms with Gasteiger partial charge in [0.1, 0.15) is 12.2 Å². The number of hydrogen-bond acceptors (Lipinski definition) is 6. The third-order valence-electron chi connectivity index (χ3n) is 1.57. The van der Waals surface area contributed by atoms with E-state index in [-0.39, 0.29) is 0 Å². The Hall–Kier alpha value is -0.240. The van der Waals surface area contributed by atoms with Crippen LogP contribution in [0.25, 0.3) is 0 Å². The summed E-state index contributed by atoms with van der Waals surface area (Å²) in [6, 6.07) is 0. The van der Waals surface area contributed by atoms with Gasteiger partial charge in [0.25, 0.3) is 0 Å². The lowest BCUT2D eigenvalue weighted by molar-refractivity contribution is -0.415. The lowest BCUT2D eigenvalue weighted by Gasteiger charge is -2.37. The topological polar surface area (TPSA) is 110 Å². The monoisotopic (exact) mass is 166 g/mol. The lowest BCUT2D eigenvalue weighted by atomic mass is 10.0. The first-order chi connectivity index (χ1) is 4.95. The van der Waals surface area contributed by atoms with Crippen LogP contribution in [-0.2, 0) is 4.74 Å². The maximum atomic E-state index is 8.88. The average molecular weight is 166 g/mol. The van der Waals surface area contributed by atoms with E-state index < -0.39 is 30.9 Å². The van der Waals surface area contributed by atoms with Gasteiger partial charge in [0.15, 0.2) is 6.10 Å². The van der Waals surface area contributed by atoms with Crippen molar-refractivity contribution in [1.82, 2.24) is 0 Å². The van der Waals surface area contributed by atoms with E-state index in [0.29, 0.717) is 0 Å². The molecule has 6 nitrogen and oxygen atoms in total. The molecule has 1 aliphatic rings. The zero-order valence-electron chi connectivity index (χ0n) is 5.58. The molecule has 6 heteroatoms. The highest BCUT2D eigenvalue weighted by Crippen LogP contribution is 2.20. The molecule has 0 radical (unpaired) electrons. The van der Waals surface area contributed by atoms with Crippen molar-refractivity contribution >= 4 is 0 Å². The van der Waals surface area contributed by atoms with E-state index in [1.54, 1.807) is 0 Å². The first-order valence-corrected chi connectivity index (χ1v) is 3.08. The molecule has 11 heavy (non-hydrogen) atoms. The van der Waals surface area contributed by atoms with Crippen LogP contribution in [0.2, 0.25) is 0 Å². The van der Waals surface area contributed by atoms with Crippen molar-refractivity contribution in [2.45, 2.75) is 24.3 Å². The Bertz CT molecular complexity index is 146. The third kappa shape index (κ3) is 1.51. The van der Waals surface area contributed by atoms with Crippen LogP contribution >= 0.6 is 0 Å². The smallest absolute Gasteiger partial charge is 0.308 e. The van der Waals surface area contributed by atoms with Crippen molar-refractivity contribution in [1.29, 1.82) is 0 Å². The molecule has 0 saturated carbocycles. The Balaban J connectivity index is 2.67. The van der Waals surface area contributed by atoms with Gasteiger partial charge in [0.05, 0.1) is 6.61 Å². The van der Waals surface area contributed by atoms with Gasteiger partial charge in [-0.05, 0) is 0 Å². The van der Waals surface area contributed by atoms with Gasteiger partial charge < -0.3 is 30.3 Å². The maximum Gasteiger partial charge on any atom is 0.308 e. The minimum Gasteiger partial charge on any atom is -0.388 e. The number of ether oxygens (including phenoxy) is 1. The summed E-state index contributed by atoms with van der Waals surface area (Å²) >= 11 is 0. The van der Waals surface area contributed by atoms with E-state index in [0.717, 1.165) is 0 Å². The summed E-state index contributed by atoms with van der Waals surface area (Å²) < 4.78 is 4.21. The summed E-state index contributed by atoms with van der Waals surface area (Å²) in [6.07, 6.45) is -4.80.